The minimum atomic E-state index is 0.220. The fraction of sp³-hybridized carbons (Fsp3) is 0.767. The molecule has 4 heteroatoms. The van der Waals surface area contributed by atoms with E-state index in [1.165, 1.54) is 95.5 Å². The van der Waals surface area contributed by atoms with E-state index in [1.807, 2.05) is 12.1 Å². The molecule has 1 aromatic rings. The highest BCUT2D eigenvalue weighted by molar-refractivity contribution is 6.30. The number of carbonyl (C=O) groups excluding carboxylic acids is 1. The van der Waals surface area contributed by atoms with Crippen molar-refractivity contribution in [2.45, 2.75) is 123 Å². The van der Waals surface area contributed by atoms with Crippen molar-refractivity contribution in [2.24, 2.45) is 0 Å². The van der Waals surface area contributed by atoms with Crippen LogP contribution in [0.4, 0.5) is 0 Å². The standard InChI is InChI=1S/C30H53ClN2O/c1-4-5-6-7-8-9-10-11-12-13-14-15-16-17-18-20-30(34)32-25-19-26-33(2,3)27-28-21-23-29(31)24-22-28/h21-24H,4-20,25-27H2,1-3H3/p+1. The maximum Gasteiger partial charge on any atom is 0.219 e. The quantitative estimate of drug-likeness (QED) is 0.127. The molecule has 0 aromatic heterocycles. The molecular weight excluding hydrogens is 440 g/mol. The topological polar surface area (TPSA) is 29.1 Å². The third-order valence-electron chi connectivity index (χ3n) is 6.79. The molecule has 0 aliphatic heterocycles. The lowest BCUT2D eigenvalue weighted by Crippen LogP contribution is -2.41. The van der Waals surface area contributed by atoms with Crippen LogP contribution in [0.2, 0.25) is 5.02 Å². The van der Waals surface area contributed by atoms with Crippen LogP contribution in [0, 0.1) is 0 Å². The summed E-state index contributed by atoms with van der Waals surface area (Å²) in [5.74, 6) is 0.220. The van der Waals surface area contributed by atoms with Crippen molar-refractivity contribution in [1.29, 1.82) is 0 Å². The number of nitrogens with one attached hydrogen (secondary N) is 1. The van der Waals surface area contributed by atoms with E-state index in [0.717, 1.165) is 42.0 Å². The minimum absolute atomic E-state index is 0.220. The number of quaternary nitrogens is 1. The molecule has 0 spiro atoms. The van der Waals surface area contributed by atoms with Crippen LogP contribution in [0.5, 0.6) is 0 Å². The molecule has 0 aliphatic rings. The Hall–Kier alpha value is -1.06. The van der Waals surface area contributed by atoms with Crippen molar-refractivity contribution < 1.29 is 9.28 Å². The molecule has 1 rings (SSSR count). The molecule has 0 bridgehead atoms. The van der Waals surface area contributed by atoms with Crippen LogP contribution in [-0.4, -0.2) is 37.6 Å². The first-order valence-electron chi connectivity index (χ1n) is 14.3. The monoisotopic (exact) mass is 493 g/mol. The van der Waals surface area contributed by atoms with Gasteiger partial charge >= 0.3 is 0 Å². The summed E-state index contributed by atoms with van der Waals surface area (Å²) in [7, 11) is 4.48. The minimum Gasteiger partial charge on any atom is -0.356 e. The molecular formula is C30H54ClN2O+. The number of hydrogen-bond donors (Lipinski definition) is 1. The number of hydrogen-bond acceptors (Lipinski definition) is 1. The summed E-state index contributed by atoms with van der Waals surface area (Å²) < 4.78 is 0.913. The van der Waals surface area contributed by atoms with Crippen LogP contribution in [0.25, 0.3) is 0 Å². The molecule has 1 N–H and O–H groups in total. The second kappa shape index (κ2) is 20.2. The third kappa shape index (κ3) is 18.3. The Bertz CT molecular complexity index is 615. The predicted molar refractivity (Wildman–Crippen MR) is 149 cm³/mol. The van der Waals surface area contributed by atoms with Crippen molar-refractivity contribution >= 4 is 17.5 Å². The molecule has 0 fully saturated rings. The molecule has 1 aromatic carbocycles. The number of rotatable bonds is 22. The number of halogens is 1. The van der Waals surface area contributed by atoms with Gasteiger partial charge in [-0.15, -0.1) is 0 Å². The van der Waals surface area contributed by atoms with Crippen molar-refractivity contribution in [2.75, 3.05) is 27.2 Å². The Morgan fingerprint density at radius 2 is 1.21 bits per heavy atom. The van der Waals surface area contributed by atoms with E-state index >= 15 is 0 Å². The van der Waals surface area contributed by atoms with Gasteiger partial charge in [-0.1, -0.05) is 121 Å². The molecule has 0 radical (unpaired) electrons. The van der Waals surface area contributed by atoms with E-state index in [1.54, 1.807) is 0 Å². The van der Waals surface area contributed by atoms with Gasteiger partial charge in [0.15, 0.2) is 0 Å². The summed E-state index contributed by atoms with van der Waals surface area (Å²) in [4.78, 5) is 12.1. The van der Waals surface area contributed by atoms with E-state index in [-0.39, 0.29) is 5.91 Å². The number of benzene rings is 1. The maximum absolute atomic E-state index is 12.1. The zero-order valence-corrected chi connectivity index (χ0v) is 23.4. The number of nitrogens with zero attached hydrogens (tertiary/aromatic N) is 1. The van der Waals surface area contributed by atoms with Gasteiger partial charge in [-0.3, -0.25) is 4.79 Å². The van der Waals surface area contributed by atoms with Crippen LogP contribution < -0.4 is 5.32 Å². The lowest BCUT2D eigenvalue weighted by atomic mass is 10.0. The Morgan fingerprint density at radius 3 is 1.71 bits per heavy atom. The van der Waals surface area contributed by atoms with E-state index in [9.17, 15) is 4.79 Å². The van der Waals surface area contributed by atoms with E-state index in [4.69, 9.17) is 11.6 Å². The van der Waals surface area contributed by atoms with Gasteiger partial charge in [0.25, 0.3) is 0 Å². The summed E-state index contributed by atoms with van der Waals surface area (Å²) >= 11 is 5.98. The van der Waals surface area contributed by atoms with Crippen molar-refractivity contribution in [3.05, 3.63) is 34.9 Å². The van der Waals surface area contributed by atoms with E-state index < -0.39 is 0 Å². The first kappa shape index (κ1) is 31.0. The smallest absolute Gasteiger partial charge is 0.219 e. The van der Waals surface area contributed by atoms with Gasteiger partial charge in [-0.2, -0.15) is 0 Å². The van der Waals surface area contributed by atoms with Gasteiger partial charge in [-0.05, 0) is 18.6 Å². The summed E-state index contributed by atoms with van der Waals surface area (Å²) in [5.41, 5.74) is 1.30. The highest BCUT2D eigenvalue weighted by atomic mass is 35.5. The zero-order chi connectivity index (χ0) is 24.9. The fourth-order valence-corrected chi connectivity index (χ4v) is 4.77. The van der Waals surface area contributed by atoms with Gasteiger partial charge in [0.2, 0.25) is 5.91 Å². The van der Waals surface area contributed by atoms with Gasteiger partial charge in [-0.25, -0.2) is 0 Å². The number of unbranched alkanes of at least 4 members (excludes halogenated alkanes) is 14. The first-order chi connectivity index (χ1) is 16.4. The lowest BCUT2D eigenvalue weighted by Gasteiger charge is -2.30. The molecule has 0 saturated carbocycles. The second-order valence-electron chi connectivity index (χ2n) is 10.8. The Labute approximate surface area is 216 Å². The molecule has 0 aliphatic carbocycles. The normalized spacial score (nSPS) is 11.6. The number of amides is 1. The summed E-state index contributed by atoms with van der Waals surface area (Å²) in [6.45, 7) is 5.08. The van der Waals surface area contributed by atoms with Gasteiger partial charge < -0.3 is 9.80 Å². The van der Waals surface area contributed by atoms with Crippen LogP contribution >= 0.6 is 11.6 Å². The summed E-state index contributed by atoms with van der Waals surface area (Å²) in [6.07, 6.45) is 22.0. The predicted octanol–water partition coefficient (Wildman–Crippen LogP) is 8.68. The average molecular weight is 494 g/mol. The van der Waals surface area contributed by atoms with Crippen molar-refractivity contribution in [3.63, 3.8) is 0 Å². The summed E-state index contributed by atoms with van der Waals surface area (Å²) in [5, 5.41) is 3.89. The molecule has 0 heterocycles. The summed E-state index contributed by atoms with van der Waals surface area (Å²) in [6, 6.07) is 8.10. The molecule has 0 saturated heterocycles. The highest BCUT2D eigenvalue weighted by Gasteiger charge is 2.15. The molecule has 1 amide bonds. The molecule has 0 unspecified atom stereocenters. The van der Waals surface area contributed by atoms with Crippen molar-refractivity contribution in [1.82, 2.24) is 5.32 Å². The lowest BCUT2D eigenvalue weighted by molar-refractivity contribution is -0.903. The van der Waals surface area contributed by atoms with Crippen LogP contribution in [0.1, 0.15) is 122 Å². The first-order valence-corrected chi connectivity index (χ1v) is 14.6. The maximum atomic E-state index is 12.1. The van der Waals surface area contributed by atoms with Gasteiger partial charge in [0.1, 0.15) is 6.54 Å². The van der Waals surface area contributed by atoms with Crippen molar-refractivity contribution in [3.8, 4) is 0 Å². The fourth-order valence-electron chi connectivity index (χ4n) is 4.64. The molecule has 34 heavy (non-hydrogen) atoms. The largest absolute Gasteiger partial charge is 0.356 e. The molecule has 0 atom stereocenters. The SMILES string of the molecule is CCCCCCCCCCCCCCCCCC(=O)NCCC[N+](C)(C)Cc1ccc(Cl)cc1. The molecule has 196 valence electrons. The number of carbonyl (C=O) groups is 1. The van der Waals surface area contributed by atoms with E-state index in [2.05, 4.69) is 38.5 Å². The van der Waals surface area contributed by atoms with Crippen LogP contribution in [-0.2, 0) is 11.3 Å². The van der Waals surface area contributed by atoms with Crippen LogP contribution in [0.3, 0.4) is 0 Å². The van der Waals surface area contributed by atoms with E-state index in [0.29, 0.717) is 6.42 Å². The highest BCUT2D eigenvalue weighted by Crippen LogP contribution is 2.15. The Balaban J connectivity index is 1.88. The van der Waals surface area contributed by atoms with Crippen LogP contribution in [0.15, 0.2) is 24.3 Å². The van der Waals surface area contributed by atoms with Gasteiger partial charge in [0, 0.05) is 30.0 Å². The zero-order valence-electron chi connectivity index (χ0n) is 22.7. The Kier molecular flexibility index (Phi) is 18.4. The molecule has 3 nitrogen and oxygen atoms in total. The average Bonchev–Trinajstić information content (AvgIpc) is 2.80. The third-order valence-corrected chi connectivity index (χ3v) is 7.05. The Morgan fingerprint density at radius 1 is 0.735 bits per heavy atom. The second-order valence-corrected chi connectivity index (χ2v) is 11.3. The van der Waals surface area contributed by atoms with Gasteiger partial charge in [0.05, 0.1) is 20.6 Å².